The number of anilines is 1. The number of methoxy groups -OCH3 is 1. The van der Waals surface area contributed by atoms with Gasteiger partial charge >= 0.3 is 0 Å². The van der Waals surface area contributed by atoms with E-state index in [2.05, 4.69) is 15.3 Å². The maximum atomic E-state index is 12.7. The summed E-state index contributed by atoms with van der Waals surface area (Å²) in [5, 5.41) is 4.60. The van der Waals surface area contributed by atoms with Crippen molar-refractivity contribution in [1.29, 1.82) is 0 Å². The standard InChI is InChI=1S/C20H17ClN4O3S/c1-25-19(27)18-17(12-5-3-4-6-13(12)23-18)24-20(25)29-10-16(26)22-14-9-11(21)7-8-15(14)28-2/h3-9,23H,10H2,1-2H3,(H,22,26). The first-order chi connectivity index (χ1) is 14.0. The second kappa shape index (κ2) is 7.81. The first-order valence-electron chi connectivity index (χ1n) is 8.71. The summed E-state index contributed by atoms with van der Waals surface area (Å²) < 4.78 is 6.68. The summed E-state index contributed by atoms with van der Waals surface area (Å²) in [6, 6.07) is 12.6. The SMILES string of the molecule is COc1ccc(Cl)cc1NC(=O)CSc1nc2c([nH]c3ccccc32)c(=O)n1C. The van der Waals surface area contributed by atoms with Crippen molar-refractivity contribution in [3.63, 3.8) is 0 Å². The van der Waals surface area contributed by atoms with Crippen molar-refractivity contribution in [2.75, 3.05) is 18.2 Å². The molecule has 4 aromatic rings. The van der Waals surface area contributed by atoms with Gasteiger partial charge in [0.15, 0.2) is 5.16 Å². The Hall–Kier alpha value is -2.97. The van der Waals surface area contributed by atoms with Gasteiger partial charge in [0.25, 0.3) is 5.56 Å². The molecule has 4 rings (SSSR count). The summed E-state index contributed by atoms with van der Waals surface area (Å²) in [5.74, 6) is 0.325. The maximum Gasteiger partial charge on any atom is 0.278 e. The number of nitrogens with one attached hydrogen (secondary N) is 2. The fraction of sp³-hybridized carbons (Fsp3) is 0.150. The lowest BCUT2D eigenvalue weighted by Crippen LogP contribution is -2.21. The first kappa shape index (κ1) is 19.4. The van der Waals surface area contributed by atoms with Gasteiger partial charge in [-0.05, 0) is 24.3 Å². The van der Waals surface area contributed by atoms with Crippen molar-refractivity contribution in [3.05, 3.63) is 57.8 Å². The fourth-order valence-corrected chi connectivity index (χ4v) is 3.98. The molecule has 7 nitrogen and oxygen atoms in total. The van der Waals surface area contributed by atoms with Gasteiger partial charge in [0.05, 0.1) is 18.6 Å². The van der Waals surface area contributed by atoms with Crippen LogP contribution in [-0.2, 0) is 11.8 Å². The van der Waals surface area contributed by atoms with Crippen molar-refractivity contribution in [3.8, 4) is 5.75 Å². The van der Waals surface area contributed by atoms with E-state index in [1.165, 1.54) is 23.4 Å². The van der Waals surface area contributed by atoms with E-state index in [-0.39, 0.29) is 17.2 Å². The molecule has 0 aliphatic rings. The molecule has 0 atom stereocenters. The van der Waals surface area contributed by atoms with Crippen LogP contribution in [-0.4, -0.2) is 33.3 Å². The van der Waals surface area contributed by atoms with Gasteiger partial charge in [-0.3, -0.25) is 14.2 Å². The quantitative estimate of drug-likeness (QED) is 0.372. The van der Waals surface area contributed by atoms with E-state index < -0.39 is 0 Å². The molecule has 0 radical (unpaired) electrons. The summed E-state index contributed by atoms with van der Waals surface area (Å²) in [4.78, 5) is 32.9. The third kappa shape index (κ3) is 3.68. The van der Waals surface area contributed by atoms with Gasteiger partial charge in [-0.15, -0.1) is 0 Å². The number of para-hydroxylation sites is 1. The van der Waals surface area contributed by atoms with Crippen molar-refractivity contribution in [1.82, 2.24) is 14.5 Å². The summed E-state index contributed by atoms with van der Waals surface area (Å²) in [6.07, 6.45) is 0. The molecule has 9 heteroatoms. The van der Waals surface area contributed by atoms with Crippen molar-refractivity contribution in [2.24, 2.45) is 7.05 Å². The minimum Gasteiger partial charge on any atom is -0.495 e. The Morgan fingerprint density at radius 3 is 2.90 bits per heavy atom. The van der Waals surface area contributed by atoms with Crippen LogP contribution in [0.2, 0.25) is 5.02 Å². The van der Waals surface area contributed by atoms with Crippen LogP contribution in [0.3, 0.4) is 0 Å². The molecule has 2 aromatic heterocycles. The summed E-state index contributed by atoms with van der Waals surface area (Å²) in [6.45, 7) is 0. The number of amides is 1. The molecule has 2 heterocycles. The van der Waals surface area contributed by atoms with Gasteiger partial charge in [0, 0.05) is 23.0 Å². The molecule has 1 amide bonds. The lowest BCUT2D eigenvalue weighted by Gasteiger charge is -2.11. The van der Waals surface area contributed by atoms with Gasteiger partial charge in [-0.1, -0.05) is 41.6 Å². The molecule has 0 saturated carbocycles. The van der Waals surface area contributed by atoms with E-state index in [4.69, 9.17) is 16.3 Å². The molecular weight excluding hydrogens is 412 g/mol. The number of H-pyrrole nitrogens is 1. The van der Waals surface area contributed by atoms with Crippen LogP contribution in [0.5, 0.6) is 5.75 Å². The highest BCUT2D eigenvalue weighted by molar-refractivity contribution is 7.99. The molecule has 2 N–H and O–H groups in total. The third-order valence-corrected chi connectivity index (χ3v) is 5.72. The Labute approximate surface area is 175 Å². The van der Waals surface area contributed by atoms with Gasteiger partial charge in [-0.25, -0.2) is 4.98 Å². The number of carbonyl (C=O) groups excluding carboxylic acids is 1. The molecule has 148 valence electrons. The van der Waals surface area contributed by atoms with Crippen molar-refractivity contribution in [2.45, 2.75) is 5.16 Å². The number of halogens is 1. The van der Waals surface area contributed by atoms with Crippen LogP contribution >= 0.6 is 23.4 Å². The predicted octanol–water partition coefficient (Wildman–Crippen LogP) is 3.81. The molecule has 0 aliphatic carbocycles. The molecule has 0 saturated heterocycles. The third-order valence-electron chi connectivity index (χ3n) is 4.46. The van der Waals surface area contributed by atoms with E-state index in [1.54, 1.807) is 25.2 Å². The summed E-state index contributed by atoms with van der Waals surface area (Å²) in [5.41, 5.74) is 2.19. The minimum absolute atomic E-state index is 0.0732. The maximum absolute atomic E-state index is 12.7. The number of nitrogens with zero attached hydrogens (tertiary/aromatic N) is 2. The molecule has 29 heavy (non-hydrogen) atoms. The lowest BCUT2D eigenvalue weighted by atomic mass is 10.2. The van der Waals surface area contributed by atoms with Crippen LogP contribution < -0.4 is 15.6 Å². The van der Waals surface area contributed by atoms with Crippen LogP contribution in [0.15, 0.2) is 52.4 Å². The Morgan fingerprint density at radius 1 is 1.31 bits per heavy atom. The second-order valence-corrected chi connectivity index (χ2v) is 7.71. The van der Waals surface area contributed by atoms with E-state index in [9.17, 15) is 9.59 Å². The molecule has 0 unspecified atom stereocenters. The number of rotatable bonds is 5. The molecule has 0 aliphatic heterocycles. The van der Waals surface area contributed by atoms with Gasteiger partial charge in [-0.2, -0.15) is 0 Å². The highest BCUT2D eigenvalue weighted by Crippen LogP contribution is 2.28. The average molecular weight is 429 g/mol. The van der Waals surface area contributed by atoms with E-state index in [1.807, 2.05) is 24.3 Å². The smallest absolute Gasteiger partial charge is 0.278 e. The van der Waals surface area contributed by atoms with Crippen molar-refractivity contribution >= 4 is 56.9 Å². The van der Waals surface area contributed by atoms with E-state index in [0.717, 1.165) is 10.9 Å². The zero-order valence-corrected chi connectivity index (χ0v) is 17.2. The lowest BCUT2D eigenvalue weighted by molar-refractivity contribution is -0.113. The van der Waals surface area contributed by atoms with Crippen LogP contribution in [0, 0.1) is 0 Å². The highest BCUT2D eigenvalue weighted by atomic mass is 35.5. The molecule has 2 aromatic carbocycles. The molecule has 0 spiro atoms. The predicted molar refractivity (Wildman–Crippen MR) is 116 cm³/mol. The number of carbonyl (C=O) groups is 1. The number of aromatic amines is 1. The number of hydrogen-bond donors (Lipinski definition) is 2. The average Bonchev–Trinajstić information content (AvgIpc) is 3.08. The zero-order valence-electron chi connectivity index (χ0n) is 15.7. The van der Waals surface area contributed by atoms with Gasteiger partial charge in [0.1, 0.15) is 16.8 Å². The van der Waals surface area contributed by atoms with Crippen LogP contribution in [0.25, 0.3) is 21.9 Å². The van der Waals surface area contributed by atoms with E-state index in [0.29, 0.717) is 32.6 Å². The number of ether oxygens (including phenoxy) is 1. The second-order valence-electron chi connectivity index (χ2n) is 6.33. The number of fused-ring (bicyclic) bond motifs is 3. The largest absolute Gasteiger partial charge is 0.495 e. The minimum atomic E-state index is -0.260. The molecular formula is C20H17ClN4O3S. The van der Waals surface area contributed by atoms with Crippen LogP contribution in [0.4, 0.5) is 5.69 Å². The first-order valence-corrected chi connectivity index (χ1v) is 10.1. The number of aromatic nitrogens is 3. The van der Waals surface area contributed by atoms with E-state index >= 15 is 0 Å². The topological polar surface area (TPSA) is 89.0 Å². The Kier molecular flexibility index (Phi) is 5.21. The Morgan fingerprint density at radius 2 is 2.10 bits per heavy atom. The molecule has 0 bridgehead atoms. The summed E-state index contributed by atoms with van der Waals surface area (Å²) >= 11 is 7.18. The van der Waals surface area contributed by atoms with Crippen molar-refractivity contribution < 1.29 is 9.53 Å². The number of hydrogen-bond acceptors (Lipinski definition) is 5. The fourth-order valence-electron chi connectivity index (χ4n) is 3.05. The number of benzene rings is 2. The Balaban J connectivity index is 1.59. The highest BCUT2D eigenvalue weighted by Gasteiger charge is 2.15. The molecule has 0 fully saturated rings. The number of thioether (sulfide) groups is 1. The zero-order chi connectivity index (χ0) is 20.5. The van der Waals surface area contributed by atoms with Gasteiger partial charge < -0.3 is 15.0 Å². The monoisotopic (exact) mass is 428 g/mol. The normalized spacial score (nSPS) is 11.1. The Bertz CT molecular complexity index is 1300. The summed E-state index contributed by atoms with van der Waals surface area (Å²) in [7, 11) is 3.16. The van der Waals surface area contributed by atoms with Crippen LogP contribution in [0.1, 0.15) is 0 Å². The van der Waals surface area contributed by atoms with Gasteiger partial charge in [0.2, 0.25) is 5.91 Å².